The van der Waals surface area contributed by atoms with E-state index in [0.29, 0.717) is 11.3 Å². The molecule has 1 aliphatic heterocycles. The van der Waals surface area contributed by atoms with Crippen molar-refractivity contribution < 1.29 is 32.7 Å². The van der Waals surface area contributed by atoms with Gasteiger partial charge in [0.2, 0.25) is 10.0 Å². The Morgan fingerprint density at radius 2 is 1.97 bits per heavy atom. The minimum Gasteiger partial charge on any atom is -0.489 e. The van der Waals surface area contributed by atoms with Crippen molar-refractivity contribution in [1.82, 2.24) is 9.79 Å². The minimum absolute atomic E-state index is 0.0623. The van der Waals surface area contributed by atoms with E-state index >= 15 is 0 Å². The minimum atomic E-state index is -4.14. The normalized spacial score (nSPS) is 22.2. The Kier molecular flexibility index (Phi) is 6.65. The van der Waals surface area contributed by atoms with Crippen molar-refractivity contribution in [2.75, 3.05) is 6.54 Å². The molecule has 1 saturated heterocycles. The zero-order chi connectivity index (χ0) is 22.8. The summed E-state index contributed by atoms with van der Waals surface area (Å²) >= 11 is 0. The van der Waals surface area contributed by atoms with E-state index in [4.69, 9.17) is 9.94 Å². The summed E-state index contributed by atoms with van der Waals surface area (Å²) in [7, 11) is -4.14. The molecule has 31 heavy (non-hydrogen) atoms. The summed E-state index contributed by atoms with van der Waals surface area (Å²) in [4.78, 5) is 11.9. The van der Waals surface area contributed by atoms with Crippen LogP contribution >= 0.6 is 0 Å². The second-order valence-corrected chi connectivity index (χ2v) is 9.80. The highest BCUT2D eigenvalue weighted by molar-refractivity contribution is 7.89. The lowest BCUT2D eigenvalue weighted by Gasteiger charge is -2.40. The molecule has 1 heterocycles. The van der Waals surface area contributed by atoms with Crippen molar-refractivity contribution in [2.24, 2.45) is 0 Å². The van der Waals surface area contributed by atoms with Crippen LogP contribution in [0.25, 0.3) is 0 Å². The van der Waals surface area contributed by atoms with Crippen LogP contribution in [0.3, 0.4) is 0 Å². The predicted octanol–water partition coefficient (Wildman–Crippen LogP) is 2.12. The summed E-state index contributed by atoms with van der Waals surface area (Å²) < 4.78 is 46.2. The van der Waals surface area contributed by atoms with Crippen LogP contribution in [0, 0.1) is 12.7 Å². The summed E-state index contributed by atoms with van der Waals surface area (Å²) in [5.41, 5.74) is 1.73. The fraction of sp³-hybridized carbons (Fsp3) is 0.381. The molecular formula is C21H25FN2O6S. The molecule has 168 valence electrons. The number of sulfonamides is 1. The second-order valence-electron chi connectivity index (χ2n) is 7.91. The average molecular weight is 453 g/mol. The Morgan fingerprint density at radius 3 is 2.61 bits per heavy atom. The highest BCUT2D eigenvalue weighted by Gasteiger charge is 2.44. The molecule has 1 aliphatic rings. The number of ether oxygens (including phenoxy) is 1. The molecule has 0 radical (unpaired) electrons. The Morgan fingerprint density at radius 1 is 1.29 bits per heavy atom. The van der Waals surface area contributed by atoms with Crippen LogP contribution in [0.5, 0.6) is 5.75 Å². The lowest BCUT2D eigenvalue weighted by molar-refractivity contribution is -0.136. The van der Waals surface area contributed by atoms with E-state index in [9.17, 15) is 22.7 Å². The van der Waals surface area contributed by atoms with E-state index in [1.54, 1.807) is 6.07 Å². The molecule has 0 saturated carbocycles. The number of hydroxylamine groups is 1. The molecule has 2 atom stereocenters. The van der Waals surface area contributed by atoms with E-state index in [1.165, 1.54) is 48.8 Å². The van der Waals surface area contributed by atoms with Gasteiger partial charge in [0.25, 0.3) is 5.91 Å². The SMILES string of the molecule is Cc1ccc(F)cc1COc1ccc(S(=O)(=O)N2C[C@](C)(O)CC[C@@H]2C(=O)NO)cc1. The number of aliphatic hydroxyl groups is 1. The number of nitrogens with zero attached hydrogens (tertiary/aromatic N) is 1. The number of hydrogen-bond donors (Lipinski definition) is 3. The van der Waals surface area contributed by atoms with Crippen LogP contribution in [0.4, 0.5) is 4.39 Å². The van der Waals surface area contributed by atoms with Gasteiger partial charge in [-0.15, -0.1) is 0 Å². The number of halogens is 1. The topological polar surface area (TPSA) is 116 Å². The molecular weight excluding hydrogens is 427 g/mol. The maximum Gasteiger partial charge on any atom is 0.261 e. The van der Waals surface area contributed by atoms with Crippen LogP contribution in [0.15, 0.2) is 47.4 Å². The fourth-order valence-electron chi connectivity index (χ4n) is 3.51. The van der Waals surface area contributed by atoms with E-state index in [0.717, 1.165) is 9.87 Å². The van der Waals surface area contributed by atoms with Gasteiger partial charge in [-0.05, 0) is 74.2 Å². The molecule has 0 bridgehead atoms. The van der Waals surface area contributed by atoms with Crippen molar-refractivity contribution in [3.05, 3.63) is 59.4 Å². The number of rotatable bonds is 6. The molecule has 0 unspecified atom stereocenters. The maximum absolute atomic E-state index is 13.4. The van der Waals surface area contributed by atoms with Gasteiger partial charge in [0.15, 0.2) is 0 Å². The number of nitrogens with one attached hydrogen (secondary N) is 1. The van der Waals surface area contributed by atoms with Crippen LogP contribution in [0.1, 0.15) is 30.9 Å². The highest BCUT2D eigenvalue weighted by Crippen LogP contribution is 2.31. The summed E-state index contributed by atoms with van der Waals surface area (Å²) in [6, 6.07) is 8.85. The number of benzene rings is 2. The number of β-amino-alcohol motifs (C(OH)–C–C–N with tert-alkyl or cyclic N) is 1. The third-order valence-corrected chi connectivity index (χ3v) is 7.22. The van der Waals surface area contributed by atoms with Crippen molar-refractivity contribution in [3.8, 4) is 5.75 Å². The van der Waals surface area contributed by atoms with E-state index in [1.807, 2.05) is 6.92 Å². The van der Waals surface area contributed by atoms with Gasteiger partial charge in [0, 0.05) is 6.54 Å². The highest BCUT2D eigenvalue weighted by atomic mass is 32.2. The van der Waals surface area contributed by atoms with Crippen molar-refractivity contribution in [1.29, 1.82) is 0 Å². The molecule has 10 heteroatoms. The van der Waals surface area contributed by atoms with Crippen molar-refractivity contribution in [2.45, 2.75) is 49.8 Å². The molecule has 0 aliphatic carbocycles. The van der Waals surface area contributed by atoms with Gasteiger partial charge in [0.1, 0.15) is 24.2 Å². The molecule has 3 rings (SSSR count). The van der Waals surface area contributed by atoms with Crippen LogP contribution in [-0.4, -0.2) is 47.1 Å². The molecule has 1 amide bonds. The summed E-state index contributed by atoms with van der Waals surface area (Å²) in [5, 5.41) is 19.3. The number of carbonyl (C=O) groups is 1. The molecule has 2 aromatic carbocycles. The maximum atomic E-state index is 13.4. The Hall–Kier alpha value is -2.53. The second kappa shape index (κ2) is 8.91. The lowest BCUT2D eigenvalue weighted by Crippen LogP contribution is -2.58. The first-order valence-corrected chi connectivity index (χ1v) is 11.1. The average Bonchev–Trinajstić information content (AvgIpc) is 2.73. The Balaban J connectivity index is 1.79. The predicted molar refractivity (Wildman–Crippen MR) is 109 cm³/mol. The van der Waals surface area contributed by atoms with E-state index in [-0.39, 0.29) is 36.7 Å². The number of amides is 1. The third kappa shape index (κ3) is 5.21. The van der Waals surface area contributed by atoms with Crippen LogP contribution in [-0.2, 0) is 21.4 Å². The van der Waals surface area contributed by atoms with Gasteiger partial charge in [-0.25, -0.2) is 18.3 Å². The molecule has 3 N–H and O–H groups in total. The zero-order valence-corrected chi connectivity index (χ0v) is 18.0. The smallest absolute Gasteiger partial charge is 0.261 e. The first kappa shape index (κ1) is 23.1. The van der Waals surface area contributed by atoms with E-state index < -0.39 is 27.6 Å². The van der Waals surface area contributed by atoms with Gasteiger partial charge < -0.3 is 9.84 Å². The summed E-state index contributed by atoms with van der Waals surface area (Å²) in [6.07, 6.45) is 0.274. The first-order chi connectivity index (χ1) is 14.5. The zero-order valence-electron chi connectivity index (χ0n) is 17.2. The number of aryl methyl sites for hydroxylation is 1. The summed E-state index contributed by atoms with van der Waals surface area (Å²) in [6.45, 7) is 3.15. The molecule has 1 fully saturated rings. The fourth-order valence-corrected chi connectivity index (χ4v) is 5.24. The van der Waals surface area contributed by atoms with Crippen molar-refractivity contribution in [3.63, 3.8) is 0 Å². The first-order valence-electron chi connectivity index (χ1n) is 9.69. The van der Waals surface area contributed by atoms with Gasteiger partial charge in [0.05, 0.1) is 10.5 Å². The molecule has 0 spiro atoms. The monoisotopic (exact) mass is 452 g/mol. The third-order valence-electron chi connectivity index (χ3n) is 5.35. The Bertz CT molecular complexity index is 1060. The number of carbonyl (C=O) groups excluding carboxylic acids is 1. The molecule has 0 aromatic heterocycles. The van der Waals surface area contributed by atoms with Gasteiger partial charge in [-0.2, -0.15) is 4.31 Å². The number of hydrogen-bond acceptors (Lipinski definition) is 6. The standard InChI is InChI=1S/C21H25FN2O6S/c1-14-3-4-16(22)11-15(14)12-30-17-5-7-18(8-6-17)31(28,29)24-13-21(2,26)10-9-19(24)20(25)23-27/h3-8,11,19,26-27H,9-10,12-13H2,1-2H3,(H,23,25)/t19-,21-/m1/s1. The van der Waals surface area contributed by atoms with Crippen LogP contribution in [0.2, 0.25) is 0 Å². The number of piperidine rings is 1. The summed E-state index contributed by atoms with van der Waals surface area (Å²) in [5.74, 6) is -0.841. The van der Waals surface area contributed by atoms with Gasteiger partial charge in [-0.3, -0.25) is 10.0 Å². The van der Waals surface area contributed by atoms with E-state index in [2.05, 4.69) is 0 Å². The largest absolute Gasteiger partial charge is 0.489 e. The van der Waals surface area contributed by atoms with Crippen molar-refractivity contribution >= 4 is 15.9 Å². The lowest BCUT2D eigenvalue weighted by atomic mass is 9.92. The Labute approximate surface area is 180 Å². The quantitative estimate of drug-likeness (QED) is 0.457. The van der Waals surface area contributed by atoms with Crippen LogP contribution < -0.4 is 10.2 Å². The molecule has 8 nitrogen and oxygen atoms in total. The molecule has 2 aromatic rings. The van der Waals surface area contributed by atoms with Gasteiger partial charge >= 0.3 is 0 Å². The van der Waals surface area contributed by atoms with Gasteiger partial charge in [-0.1, -0.05) is 6.07 Å².